The molecule has 104 valence electrons. The molecule has 0 radical (unpaired) electrons. The zero-order valence-electron chi connectivity index (χ0n) is 11.0. The molecular weight excluding hydrogens is 259 g/mol. The lowest BCUT2D eigenvalue weighted by molar-refractivity contribution is 0.0654. The number of hydrogen-bond donors (Lipinski definition) is 1. The molecule has 1 aliphatic rings. The highest BCUT2D eigenvalue weighted by atomic mass is 19.1. The maximum atomic E-state index is 12.9. The molecule has 0 aliphatic carbocycles. The number of halogens is 1. The summed E-state index contributed by atoms with van der Waals surface area (Å²) in [5.41, 5.74) is 1.58. The van der Waals surface area contributed by atoms with Crippen molar-refractivity contribution in [1.82, 2.24) is 0 Å². The van der Waals surface area contributed by atoms with Crippen molar-refractivity contribution in [3.63, 3.8) is 0 Å². The van der Waals surface area contributed by atoms with Crippen LogP contribution in [0.15, 0.2) is 42.5 Å². The Labute approximate surface area is 116 Å². The van der Waals surface area contributed by atoms with Gasteiger partial charge in [-0.3, -0.25) is 0 Å². The smallest absolute Gasteiger partial charge is 0.127 e. The van der Waals surface area contributed by atoms with Crippen molar-refractivity contribution in [3.8, 4) is 11.5 Å². The van der Waals surface area contributed by atoms with Gasteiger partial charge in [0.15, 0.2) is 0 Å². The van der Waals surface area contributed by atoms with Crippen LogP contribution in [0.1, 0.15) is 29.8 Å². The first kappa shape index (κ1) is 12.9. The van der Waals surface area contributed by atoms with Crippen LogP contribution in [-0.2, 0) is 0 Å². The van der Waals surface area contributed by atoms with E-state index < -0.39 is 6.10 Å². The highest BCUT2D eigenvalue weighted by Crippen LogP contribution is 2.42. The monoisotopic (exact) mass is 274 g/mol. The molecule has 0 bridgehead atoms. The zero-order valence-corrected chi connectivity index (χ0v) is 11.0. The first-order valence-electron chi connectivity index (χ1n) is 6.45. The molecule has 4 heteroatoms. The van der Waals surface area contributed by atoms with Crippen molar-refractivity contribution in [1.29, 1.82) is 0 Å². The number of ether oxygens (including phenoxy) is 2. The average Bonchev–Trinajstić information content (AvgIpc) is 2.47. The highest BCUT2D eigenvalue weighted by molar-refractivity contribution is 5.43. The van der Waals surface area contributed by atoms with E-state index in [2.05, 4.69) is 0 Å². The first-order valence-corrected chi connectivity index (χ1v) is 6.45. The molecule has 1 N–H and O–H groups in total. The predicted octanol–water partition coefficient (Wildman–Crippen LogP) is 3.39. The summed E-state index contributed by atoms with van der Waals surface area (Å²) in [6.45, 7) is 0. The Hall–Kier alpha value is -2.07. The molecule has 0 amide bonds. The highest BCUT2D eigenvalue weighted by Gasteiger charge is 2.28. The van der Waals surface area contributed by atoms with E-state index in [4.69, 9.17) is 9.47 Å². The third kappa shape index (κ3) is 2.34. The molecule has 2 atom stereocenters. The second-order valence-corrected chi connectivity index (χ2v) is 4.81. The van der Waals surface area contributed by atoms with E-state index in [-0.39, 0.29) is 11.9 Å². The molecule has 3 nitrogen and oxygen atoms in total. The van der Waals surface area contributed by atoms with E-state index in [1.54, 1.807) is 37.4 Å². The SMILES string of the molecule is COc1ccc2c(c1)[C@@H](O)CC(c1ccc(F)cc1)O2. The van der Waals surface area contributed by atoms with Crippen LogP contribution in [0.4, 0.5) is 4.39 Å². The van der Waals surface area contributed by atoms with Crippen molar-refractivity contribution >= 4 is 0 Å². The zero-order chi connectivity index (χ0) is 14.1. The van der Waals surface area contributed by atoms with Gasteiger partial charge in [-0.1, -0.05) is 12.1 Å². The van der Waals surface area contributed by atoms with Gasteiger partial charge in [0.2, 0.25) is 0 Å². The molecule has 2 aromatic rings. The lowest BCUT2D eigenvalue weighted by Gasteiger charge is -2.30. The molecular formula is C16H15FO3. The number of fused-ring (bicyclic) bond motifs is 1. The fourth-order valence-electron chi connectivity index (χ4n) is 2.43. The molecule has 20 heavy (non-hydrogen) atoms. The quantitative estimate of drug-likeness (QED) is 0.912. The molecule has 1 heterocycles. The maximum Gasteiger partial charge on any atom is 0.127 e. The van der Waals surface area contributed by atoms with Gasteiger partial charge < -0.3 is 14.6 Å². The van der Waals surface area contributed by atoms with Gasteiger partial charge >= 0.3 is 0 Å². The molecule has 0 saturated carbocycles. The van der Waals surface area contributed by atoms with Crippen molar-refractivity contribution < 1.29 is 19.0 Å². The summed E-state index contributed by atoms with van der Waals surface area (Å²) in [4.78, 5) is 0. The van der Waals surface area contributed by atoms with Crippen LogP contribution in [-0.4, -0.2) is 12.2 Å². The Morgan fingerprint density at radius 2 is 1.95 bits per heavy atom. The van der Waals surface area contributed by atoms with E-state index in [9.17, 15) is 9.50 Å². The Morgan fingerprint density at radius 3 is 2.65 bits per heavy atom. The number of hydrogen-bond acceptors (Lipinski definition) is 3. The van der Waals surface area contributed by atoms with Gasteiger partial charge in [-0.2, -0.15) is 0 Å². The molecule has 0 saturated heterocycles. The van der Waals surface area contributed by atoms with Gasteiger partial charge in [-0.25, -0.2) is 4.39 Å². The van der Waals surface area contributed by atoms with Crippen LogP contribution in [0.3, 0.4) is 0 Å². The summed E-state index contributed by atoms with van der Waals surface area (Å²) >= 11 is 0. The van der Waals surface area contributed by atoms with Crippen LogP contribution < -0.4 is 9.47 Å². The van der Waals surface area contributed by atoms with E-state index in [0.717, 1.165) is 11.1 Å². The fraction of sp³-hybridized carbons (Fsp3) is 0.250. The van der Waals surface area contributed by atoms with Gasteiger partial charge in [0.1, 0.15) is 23.4 Å². The van der Waals surface area contributed by atoms with Gasteiger partial charge in [0, 0.05) is 12.0 Å². The summed E-state index contributed by atoms with van der Waals surface area (Å²) in [5, 5.41) is 10.3. The van der Waals surface area contributed by atoms with Crippen LogP contribution in [0.5, 0.6) is 11.5 Å². The maximum absolute atomic E-state index is 12.9. The standard InChI is InChI=1S/C16H15FO3/c1-19-12-6-7-15-13(8-12)14(18)9-16(20-15)10-2-4-11(17)5-3-10/h2-8,14,16,18H,9H2,1H3/t14-,16?/m0/s1. The number of rotatable bonds is 2. The number of benzene rings is 2. The molecule has 1 unspecified atom stereocenters. The predicted molar refractivity (Wildman–Crippen MR) is 72.3 cm³/mol. The molecule has 2 aromatic carbocycles. The van der Waals surface area contributed by atoms with Gasteiger partial charge in [0.25, 0.3) is 0 Å². The molecule has 0 fully saturated rings. The minimum absolute atomic E-state index is 0.272. The summed E-state index contributed by atoms with van der Waals surface area (Å²) in [5.74, 6) is 1.04. The number of aliphatic hydroxyl groups is 1. The molecule has 3 rings (SSSR count). The van der Waals surface area contributed by atoms with E-state index in [1.807, 2.05) is 0 Å². The van der Waals surface area contributed by atoms with Crippen molar-refractivity contribution in [2.24, 2.45) is 0 Å². The van der Waals surface area contributed by atoms with Crippen molar-refractivity contribution in [2.75, 3.05) is 7.11 Å². The number of aliphatic hydroxyl groups excluding tert-OH is 1. The Balaban J connectivity index is 1.90. The molecule has 1 aliphatic heterocycles. The largest absolute Gasteiger partial charge is 0.497 e. The minimum atomic E-state index is -0.621. The van der Waals surface area contributed by atoms with Crippen LogP contribution in [0.25, 0.3) is 0 Å². The lowest BCUT2D eigenvalue weighted by atomic mass is 9.95. The fourth-order valence-corrected chi connectivity index (χ4v) is 2.43. The minimum Gasteiger partial charge on any atom is -0.497 e. The first-order chi connectivity index (χ1) is 9.67. The number of methoxy groups -OCH3 is 1. The van der Waals surface area contributed by atoms with Crippen molar-refractivity contribution in [2.45, 2.75) is 18.6 Å². The Morgan fingerprint density at radius 1 is 1.20 bits per heavy atom. The van der Waals surface area contributed by atoms with Crippen LogP contribution in [0.2, 0.25) is 0 Å². The molecule has 0 aromatic heterocycles. The third-order valence-corrected chi connectivity index (χ3v) is 3.52. The lowest BCUT2D eigenvalue weighted by Crippen LogP contribution is -2.19. The normalized spacial score (nSPS) is 20.9. The molecule has 0 spiro atoms. The van der Waals surface area contributed by atoms with E-state index in [0.29, 0.717) is 17.9 Å². The van der Waals surface area contributed by atoms with Gasteiger partial charge in [-0.05, 0) is 35.9 Å². The Bertz CT molecular complexity index is 610. The van der Waals surface area contributed by atoms with Crippen molar-refractivity contribution in [3.05, 3.63) is 59.4 Å². The summed E-state index contributed by atoms with van der Waals surface area (Å²) in [7, 11) is 1.58. The summed E-state index contributed by atoms with van der Waals surface area (Å²) in [6.07, 6.45) is -0.457. The van der Waals surface area contributed by atoms with Crippen LogP contribution in [0, 0.1) is 5.82 Å². The topological polar surface area (TPSA) is 38.7 Å². The van der Waals surface area contributed by atoms with Gasteiger partial charge in [0.05, 0.1) is 13.2 Å². The van der Waals surface area contributed by atoms with Crippen LogP contribution >= 0.6 is 0 Å². The average molecular weight is 274 g/mol. The second-order valence-electron chi connectivity index (χ2n) is 4.81. The van der Waals surface area contributed by atoms with E-state index >= 15 is 0 Å². The van der Waals surface area contributed by atoms with Gasteiger partial charge in [-0.15, -0.1) is 0 Å². The van der Waals surface area contributed by atoms with E-state index in [1.165, 1.54) is 12.1 Å². The summed E-state index contributed by atoms with van der Waals surface area (Å²) in [6, 6.07) is 11.5. The third-order valence-electron chi connectivity index (χ3n) is 3.52. The summed E-state index contributed by atoms with van der Waals surface area (Å²) < 4.78 is 24.0. The second kappa shape index (κ2) is 5.13. The Kier molecular flexibility index (Phi) is 3.32.